The molecule has 6 aromatic carbocycles. The number of rotatable bonds is 7. The van der Waals surface area contributed by atoms with Crippen LogP contribution in [0, 0.1) is 117 Å². The summed E-state index contributed by atoms with van der Waals surface area (Å²) in [6, 6.07) is 24.1. The first-order valence-electron chi connectivity index (χ1n) is 21.6. The fourth-order valence-corrected chi connectivity index (χ4v) is 14.1. The Hall–Kier alpha value is -5.85. The Balaban J connectivity index is 1.72. The molecule has 12 heteroatoms. The lowest BCUT2D eigenvalue weighted by Gasteiger charge is -2.50. The van der Waals surface area contributed by atoms with E-state index in [0.717, 1.165) is 50.4 Å². The molecule has 1 fully saturated rings. The normalized spacial score (nSPS) is 16.3. The molecule has 0 amide bonds. The minimum atomic E-state index is -4.81. The van der Waals surface area contributed by atoms with Gasteiger partial charge in [-0.1, -0.05) is 95.9 Å². The number of hydrogen-bond acceptors (Lipinski definition) is 0. The summed E-state index contributed by atoms with van der Waals surface area (Å²) in [4.78, 5) is 0. The summed E-state index contributed by atoms with van der Waals surface area (Å²) in [5, 5.41) is 1.73. The van der Waals surface area contributed by atoms with Crippen molar-refractivity contribution in [3.05, 3.63) is 210 Å². The van der Waals surface area contributed by atoms with Crippen molar-refractivity contribution in [3.8, 4) is 11.7 Å². The number of fused-ring (bicyclic) bond motifs is 1. The van der Waals surface area contributed by atoms with E-state index in [-0.39, 0.29) is 16.8 Å². The van der Waals surface area contributed by atoms with E-state index in [1.54, 1.807) is 36.4 Å². The first-order chi connectivity index (χ1) is 31.4. The number of halogens is 10. The molecular formula is C54H43BF10P-. The van der Waals surface area contributed by atoms with E-state index in [0.29, 0.717) is 30.4 Å². The zero-order chi connectivity index (χ0) is 47.5. The van der Waals surface area contributed by atoms with Crippen molar-refractivity contribution in [2.24, 2.45) is 5.92 Å². The molecule has 8 rings (SSSR count). The molecule has 0 aliphatic heterocycles. The summed E-state index contributed by atoms with van der Waals surface area (Å²) in [7, 11) is -2.09. The molecule has 2 aliphatic rings. The van der Waals surface area contributed by atoms with Gasteiger partial charge in [0.1, 0.15) is 23.3 Å². The second-order valence-corrected chi connectivity index (χ2v) is 19.6. The van der Waals surface area contributed by atoms with Gasteiger partial charge < -0.3 is 0 Å². The predicted molar refractivity (Wildman–Crippen MR) is 245 cm³/mol. The molecule has 66 heavy (non-hydrogen) atoms. The maximum Gasteiger partial charge on any atom is 0.200 e. The fourth-order valence-electron chi connectivity index (χ4n) is 10.7. The van der Waals surface area contributed by atoms with Crippen LogP contribution in [0.3, 0.4) is 0 Å². The molecule has 0 N–H and O–H groups in total. The lowest BCUT2D eigenvalue weighted by molar-refractivity contribution is 0.381. The molecule has 0 heterocycles. The Morgan fingerprint density at radius 2 is 0.924 bits per heavy atom. The third-order valence-corrected chi connectivity index (χ3v) is 16.5. The van der Waals surface area contributed by atoms with Gasteiger partial charge in [0.05, 0.1) is 0 Å². The van der Waals surface area contributed by atoms with Crippen LogP contribution in [0.1, 0.15) is 76.1 Å². The Morgan fingerprint density at radius 3 is 1.36 bits per heavy atom. The Kier molecular flexibility index (Phi) is 12.8. The van der Waals surface area contributed by atoms with Gasteiger partial charge in [-0.25, -0.2) is 43.9 Å². The summed E-state index contributed by atoms with van der Waals surface area (Å²) in [5.74, 6) is -21.1. The molecule has 0 unspecified atom stereocenters. The molecule has 0 nitrogen and oxygen atoms in total. The topological polar surface area (TPSA) is 0 Å². The first kappa shape index (κ1) is 46.7. The number of hydrogen-bond donors (Lipinski definition) is 0. The van der Waals surface area contributed by atoms with E-state index in [2.05, 4.69) is 11.7 Å². The Bertz CT molecular complexity index is 2840. The van der Waals surface area contributed by atoms with Gasteiger partial charge in [0.15, 0.2) is 41.0 Å². The smallest absolute Gasteiger partial charge is 0.200 e. The highest BCUT2D eigenvalue weighted by atomic mass is 31.1. The van der Waals surface area contributed by atoms with Crippen molar-refractivity contribution in [2.75, 3.05) is 0 Å². The molecule has 1 saturated carbocycles. The summed E-state index contributed by atoms with van der Waals surface area (Å²) in [5.41, 5.74) is 2.18. The quantitative estimate of drug-likeness (QED) is 0.0374. The largest absolute Gasteiger partial charge is 0.291 e. The monoisotopic (exact) mass is 923 g/mol. The summed E-state index contributed by atoms with van der Waals surface area (Å²) in [6.07, 6.45) is -1.12. The van der Waals surface area contributed by atoms with Crippen LogP contribution in [0.25, 0.3) is 0 Å². The third-order valence-electron chi connectivity index (χ3n) is 13.2. The Morgan fingerprint density at radius 1 is 0.515 bits per heavy atom. The fraction of sp³-hybridized carbons (Fsp3) is 0.222. The maximum atomic E-state index is 17.4. The van der Waals surface area contributed by atoms with Crippen molar-refractivity contribution < 1.29 is 43.9 Å². The zero-order valence-corrected chi connectivity index (χ0v) is 37.8. The molecule has 338 valence electrons. The van der Waals surface area contributed by atoms with Crippen LogP contribution in [-0.4, -0.2) is 6.15 Å². The highest BCUT2D eigenvalue weighted by Crippen LogP contribution is 2.60. The van der Waals surface area contributed by atoms with E-state index < -0.39 is 94.6 Å². The highest BCUT2D eigenvalue weighted by Gasteiger charge is 2.49. The van der Waals surface area contributed by atoms with Crippen molar-refractivity contribution >= 4 is 35.6 Å². The van der Waals surface area contributed by atoms with E-state index >= 15 is 43.9 Å². The molecule has 6 aromatic rings. The second kappa shape index (κ2) is 18.1. The van der Waals surface area contributed by atoms with Crippen LogP contribution in [0.2, 0.25) is 0 Å². The lowest BCUT2D eigenvalue weighted by atomic mass is 9.14. The van der Waals surface area contributed by atoms with Gasteiger partial charge in [0.25, 0.3) is 0 Å². The van der Waals surface area contributed by atoms with Gasteiger partial charge in [0.2, 0.25) is 0 Å². The Labute approximate surface area is 379 Å². The van der Waals surface area contributed by atoms with E-state index in [1.165, 1.54) is 30.3 Å². The van der Waals surface area contributed by atoms with Gasteiger partial charge in [-0.15, -0.1) is 22.9 Å². The lowest BCUT2D eigenvalue weighted by Crippen LogP contribution is -2.66. The average Bonchev–Trinajstić information content (AvgIpc) is 3.29. The molecule has 0 radical (unpaired) electrons. The van der Waals surface area contributed by atoms with Crippen LogP contribution in [0.4, 0.5) is 43.9 Å². The van der Waals surface area contributed by atoms with E-state index in [4.69, 9.17) is 0 Å². The average molecular weight is 924 g/mol. The van der Waals surface area contributed by atoms with Crippen LogP contribution in [0.5, 0.6) is 0 Å². The van der Waals surface area contributed by atoms with Crippen molar-refractivity contribution in [2.45, 2.75) is 73.1 Å². The summed E-state index contributed by atoms with van der Waals surface area (Å²) in [6.45, 7) is 11.3. The van der Waals surface area contributed by atoms with Crippen molar-refractivity contribution in [1.82, 2.24) is 0 Å². The summed E-state index contributed by atoms with van der Waals surface area (Å²) < 4.78 is 164. The van der Waals surface area contributed by atoms with E-state index in [1.807, 2.05) is 65.8 Å². The van der Waals surface area contributed by atoms with Gasteiger partial charge >= 0.3 is 0 Å². The number of aryl methyl sites for hydroxylation is 6. The van der Waals surface area contributed by atoms with Crippen LogP contribution < -0.4 is 21.5 Å². The van der Waals surface area contributed by atoms with E-state index in [9.17, 15) is 0 Å². The molecule has 2 aliphatic carbocycles. The molecule has 2 atom stereocenters. The predicted octanol–water partition coefficient (Wildman–Crippen LogP) is 12.9. The van der Waals surface area contributed by atoms with Gasteiger partial charge in [0, 0.05) is 11.5 Å². The molecular weight excluding hydrogens is 880 g/mol. The van der Waals surface area contributed by atoms with Crippen LogP contribution in [0.15, 0.2) is 107 Å². The standard InChI is InChI=1S/C54H43BF10P/c1-28-23-30(3)52(31(4)24-28)66(53-32(5)25-29(2)26-33(53)6)54-37-20-14-13-19-36(37)38(35-17-11-8-12-18-35)27-39(54)55(22-21-34-15-9-7-10-16-34,40-42(56)46(60)50(64)47(61)43(40)57)41-44(58)48(62)51(65)49(63)45(41)59/h7-12,15-18,23-27,36,38H,13-14,19-20H2,1-6H3/q-1/t36-,38-/m1/s1. The third kappa shape index (κ3) is 7.69. The first-order valence-corrected chi connectivity index (χ1v) is 23.0. The SMILES string of the molecule is Cc1cc(C)c(P(C2=C3CCCC[C@H]3[C@@H](c3ccccc3)C=C2[B-](C#Cc2ccccc2)(c2c(F)c(F)c(F)c(F)c2F)c2c(F)c(F)c(F)c(F)c2F)c2c(C)cc(C)cc2C)c(C)c1. The summed E-state index contributed by atoms with van der Waals surface area (Å²) >= 11 is 0. The van der Waals surface area contributed by atoms with Gasteiger partial charge in [-0.05, 0) is 131 Å². The van der Waals surface area contributed by atoms with Crippen molar-refractivity contribution in [3.63, 3.8) is 0 Å². The van der Waals surface area contributed by atoms with Crippen molar-refractivity contribution in [1.29, 1.82) is 0 Å². The minimum absolute atomic E-state index is 0.0509. The zero-order valence-electron chi connectivity index (χ0n) is 36.9. The number of benzene rings is 6. The molecule has 0 saturated heterocycles. The highest BCUT2D eigenvalue weighted by molar-refractivity contribution is 7.77. The minimum Gasteiger partial charge on any atom is -0.291 e. The maximum absolute atomic E-state index is 17.4. The molecule has 0 bridgehead atoms. The number of allylic oxidation sites excluding steroid dienone is 4. The van der Waals surface area contributed by atoms with Gasteiger partial charge in [-0.2, -0.15) is 5.47 Å². The molecule has 0 aromatic heterocycles. The second-order valence-electron chi connectivity index (χ2n) is 17.6. The van der Waals surface area contributed by atoms with Crippen LogP contribution >= 0.6 is 7.92 Å². The van der Waals surface area contributed by atoms with Gasteiger partial charge in [-0.3, -0.25) is 5.82 Å². The molecule has 0 spiro atoms. The van der Waals surface area contributed by atoms with Crippen LogP contribution in [-0.2, 0) is 0 Å².